The van der Waals surface area contributed by atoms with Gasteiger partial charge in [-0.2, -0.15) is 5.26 Å². The van der Waals surface area contributed by atoms with Crippen LogP contribution >= 0.6 is 11.6 Å². The van der Waals surface area contributed by atoms with Gasteiger partial charge in [-0.1, -0.05) is 23.7 Å². The van der Waals surface area contributed by atoms with Crippen molar-refractivity contribution >= 4 is 17.5 Å². The Balaban J connectivity index is 1.66. The number of fused-ring (bicyclic) bond motifs is 1. The van der Waals surface area contributed by atoms with Crippen LogP contribution in [-0.2, 0) is 11.2 Å². The van der Waals surface area contributed by atoms with Crippen molar-refractivity contribution in [3.05, 3.63) is 58.1 Å². The lowest BCUT2D eigenvalue weighted by molar-refractivity contribution is -0.121. The number of rotatable bonds is 4. The van der Waals surface area contributed by atoms with E-state index in [1.165, 1.54) is 0 Å². The summed E-state index contributed by atoms with van der Waals surface area (Å²) in [6, 6.07) is 12.6. The SMILES string of the molecule is CC(NC(=O)Cc1cc(Cl)c2c(c1)OCCO2)c1ccc(C#N)cc1. The number of amides is 1. The van der Waals surface area contributed by atoms with Crippen LogP contribution in [0.3, 0.4) is 0 Å². The second kappa shape index (κ2) is 7.45. The van der Waals surface area contributed by atoms with Crippen molar-refractivity contribution in [2.75, 3.05) is 13.2 Å². The minimum Gasteiger partial charge on any atom is -0.486 e. The minimum atomic E-state index is -0.159. The summed E-state index contributed by atoms with van der Waals surface area (Å²) in [5.41, 5.74) is 2.29. The van der Waals surface area contributed by atoms with Crippen LogP contribution in [0.15, 0.2) is 36.4 Å². The standard InChI is InChI=1S/C19H17ClN2O3/c1-12(15-4-2-13(11-21)3-5-15)22-18(23)10-14-8-16(20)19-17(9-14)24-6-7-25-19/h2-5,8-9,12H,6-7,10H2,1H3,(H,22,23). The number of benzene rings is 2. The minimum absolute atomic E-state index is 0.121. The van der Waals surface area contributed by atoms with Gasteiger partial charge in [0.2, 0.25) is 5.91 Å². The number of hydrogen-bond acceptors (Lipinski definition) is 4. The van der Waals surface area contributed by atoms with Gasteiger partial charge in [0.15, 0.2) is 11.5 Å². The van der Waals surface area contributed by atoms with Crippen LogP contribution in [0.4, 0.5) is 0 Å². The van der Waals surface area contributed by atoms with Crippen molar-refractivity contribution in [1.82, 2.24) is 5.32 Å². The van der Waals surface area contributed by atoms with Gasteiger partial charge >= 0.3 is 0 Å². The fourth-order valence-corrected chi connectivity index (χ4v) is 2.96. The molecule has 6 heteroatoms. The van der Waals surface area contributed by atoms with Crippen LogP contribution in [0.25, 0.3) is 0 Å². The molecule has 0 aliphatic carbocycles. The fraction of sp³-hybridized carbons (Fsp3) is 0.263. The first kappa shape index (κ1) is 17.1. The number of nitriles is 1. The number of hydrogen-bond donors (Lipinski definition) is 1. The van der Waals surface area contributed by atoms with E-state index in [0.717, 1.165) is 11.1 Å². The summed E-state index contributed by atoms with van der Waals surface area (Å²) in [6.07, 6.45) is 0.191. The molecule has 0 fully saturated rings. The molecule has 0 saturated heterocycles. The number of nitrogens with one attached hydrogen (secondary N) is 1. The summed E-state index contributed by atoms with van der Waals surface area (Å²) in [7, 11) is 0. The summed E-state index contributed by atoms with van der Waals surface area (Å²) in [4.78, 5) is 12.3. The summed E-state index contributed by atoms with van der Waals surface area (Å²) in [5, 5.41) is 12.2. The molecule has 2 aromatic carbocycles. The quantitative estimate of drug-likeness (QED) is 0.911. The van der Waals surface area contributed by atoms with E-state index in [4.69, 9.17) is 26.3 Å². The Kier molecular flexibility index (Phi) is 5.11. The Morgan fingerprint density at radius 3 is 2.72 bits per heavy atom. The highest BCUT2D eigenvalue weighted by molar-refractivity contribution is 6.32. The van der Waals surface area contributed by atoms with Gasteiger partial charge < -0.3 is 14.8 Å². The molecule has 1 N–H and O–H groups in total. The zero-order valence-electron chi connectivity index (χ0n) is 13.7. The van der Waals surface area contributed by atoms with E-state index in [-0.39, 0.29) is 18.4 Å². The molecule has 1 aliphatic heterocycles. The van der Waals surface area contributed by atoms with E-state index in [1.54, 1.807) is 24.3 Å². The molecule has 0 saturated carbocycles. The monoisotopic (exact) mass is 356 g/mol. The topological polar surface area (TPSA) is 71.3 Å². The summed E-state index contributed by atoms with van der Waals surface area (Å²) in [6.45, 7) is 2.83. The highest BCUT2D eigenvalue weighted by atomic mass is 35.5. The summed E-state index contributed by atoms with van der Waals surface area (Å²) < 4.78 is 11.0. The van der Waals surface area contributed by atoms with E-state index in [9.17, 15) is 4.79 Å². The Hall–Kier alpha value is -2.71. The molecular formula is C19H17ClN2O3. The third kappa shape index (κ3) is 4.04. The van der Waals surface area contributed by atoms with Crippen molar-refractivity contribution < 1.29 is 14.3 Å². The third-order valence-electron chi connectivity index (χ3n) is 3.94. The maximum atomic E-state index is 12.3. The van der Waals surface area contributed by atoms with Gasteiger partial charge in [-0.15, -0.1) is 0 Å². The van der Waals surface area contributed by atoms with E-state index >= 15 is 0 Å². The molecular weight excluding hydrogens is 340 g/mol. The molecule has 0 bridgehead atoms. The van der Waals surface area contributed by atoms with Crippen molar-refractivity contribution in [3.8, 4) is 17.6 Å². The predicted octanol–water partition coefficient (Wildman–Crippen LogP) is 3.40. The Morgan fingerprint density at radius 1 is 1.28 bits per heavy atom. The van der Waals surface area contributed by atoms with Crippen molar-refractivity contribution in [3.63, 3.8) is 0 Å². The van der Waals surface area contributed by atoms with E-state index < -0.39 is 0 Å². The largest absolute Gasteiger partial charge is 0.486 e. The zero-order chi connectivity index (χ0) is 17.8. The van der Waals surface area contributed by atoms with Crippen molar-refractivity contribution in [2.24, 2.45) is 0 Å². The average molecular weight is 357 g/mol. The molecule has 0 aromatic heterocycles. The van der Waals surface area contributed by atoms with E-state index in [1.807, 2.05) is 19.1 Å². The predicted molar refractivity (Wildman–Crippen MR) is 93.9 cm³/mol. The first-order valence-corrected chi connectivity index (χ1v) is 8.32. The van der Waals surface area contributed by atoms with Gasteiger partial charge in [-0.25, -0.2) is 0 Å². The Labute approximate surface area is 151 Å². The molecule has 25 heavy (non-hydrogen) atoms. The lowest BCUT2D eigenvalue weighted by Gasteiger charge is -2.20. The first-order chi connectivity index (χ1) is 12.1. The van der Waals surface area contributed by atoms with E-state index in [0.29, 0.717) is 35.3 Å². The molecule has 5 nitrogen and oxygen atoms in total. The van der Waals surface area contributed by atoms with Crippen LogP contribution in [0.1, 0.15) is 29.7 Å². The molecule has 1 amide bonds. The van der Waals surface area contributed by atoms with Crippen LogP contribution in [-0.4, -0.2) is 19.1 Å². The first-order valence-electron chi connectivity index (χ1n) is 7.94. The van der Waals surface area contributed by atoms with Crippen LogP contribution < -0.4 is 14.8 Å². The highest BCUT2D eigenvalue weighted by Crippen LogP contribution is 2.38. The molecule has 2 aromatic rings. The molecule has 1 heterocycles. The fourth-order valence-electron chi connectivity index (χ4n) is 2.67. The Bertz CT molecular complexity index is 828. The van der Waals surface area contributed by atoms with E-state index in [2.05, 4.69) is 11.4 Å². The number of carbonyl (C=O) groups is 1. The molecule has 1 aliphatic rings. The number of halogens is 1. The second-order valence-electron chi connectivity index (χ2n) is 5.80. The van der Waals surface area contributed by atoms with Crippen LogP contribution in [0.2, 0.25) is 5.02 Å². The van der Waals surface area contributed by atoms with Gasteiger partial charge in [-0.05, 0) is 42.3 Å². The van der Waals surface area contributed by atoms with Gasteiger partial charge in [-0.3, -0.25) is 4.79 Å². The van der Waals surface area contributed by atoms with Crippen LogP contribution in [0.5, 0.6) is 11.5 Å². The second-order valence-corrected chi connectivity index (χ2v) is 6.21. The summed E-state index contributed by atoms with van der Waals surface area (Å²) in [5.74, 6) is 0.981. The molecule has 0 radical (unpaired) electrons. The normalized spacial score (nSPS) is 13.6. The lowest BCUT2D eigenvalue weighted by Crippen LogP contribution is -2.28. The number of ether oxygens (including phenoxy) is 2. The zero-order valence-corrected chi connectivity index (χ0v) is 14.5. The Morgan fingerprint density at radius 2 is 2.00 bits per heavy atom. The maximum Gasteiger partial charge on any atom is 0.224 e. The smallest absolute Gasteiger partial charge is 0.224 e. The van der Waals surface area contributed by atoms with Crippen molar-refractivity contribution in [1.29, 1.82) is 5.26 Å². The average Bonchev–Trinajstić information content (AvgIpc) is 2.61. The maximum absolute atomic E-state index is 12.3. The third-order valence-corrected chi connectivity index (χ3v) is 4.22. The highest BCUT2D eigenvalue weighted by Gasteiger charge is 2.18. The molecule has 3 rings (SSSR count). The number of carbonyl (C=O) groups excluding carboxylic acids is 1. The number of nitrogens with zero attached hydrogens (tertiary/aromatic N) is 1. The molecule has 1 unspecified atom stereocenters. The molecule has 0 spiro atoms. The molecule has 128 valence electrons. The van der Waals surface area contributed by atoms with Gasteiger partial charge in [0.05, 0.1) is 29.1 Å². The van der Waals surface area contributed by atoms with Gasteiger partial charge in [0.25, 0.3) is 0 Å². The summed E-state index contributed by atoms with van der Waals surface area (Å²) >= 11 is 6.20. The van der Waals surface area contributed by atoms with Crippen LogP contribution in [0, 0.1) is 11.3 Å². The molecule has 1 atom stereocenters. The van der Waals surface area contributed by atoms with Gasteiger partial charge in [0, 0.05) is 0 Å². The van der Waals surface area contributed by atoms with Gasteiger partial charge in [0.1, 0.15) is 13.2 Å². The lowest BCUT2D eigenvalue weighted by atomic mass is 10.1. The van der Waals surface area contributed by atoms with Crippen molar-refractivity contribution in [2.45, 2.75) is 19.4 Å².